The monoisotopic (exact) mass is 253 g/mol. The zero-order valence-electron chi connectivity index (χ0n) is 10.9. The van der Waals surface area contributed by atoms with E-state index in [2.05, 4.69) is 10.5 Å². The predicted molar refractivity (Wildman–Crippen MR) is 66.1 cm³/mol. The average molecular weight is 253 g/mol. The molecule has 0 bridgehead atoms. The van der Waals surface area contributed by atoms with Crippen LogP contribution in [0.25, 0.3) is 0 Å². The van der Waals surface area contributed by atoms with Gasteiger partial charge in [-0.25, -0.2) is 0 Å². The first-order chi connectivity index (χ1) is 8.39. The molecule has 1 fully saturated rings. The van der Waals surface area contributed by atoms with Gasteiger partial charge < -0.3 is 14.9 Å². The van der Waals surface area contributed by atoms with E-state index in [1.54, 1.807) is 13.0 Å². The van der Waals surface area contributed by atoms with Gasteiger partial charge in [-0.05, 0) is 12.8 Å². The van der Waals surface area contributed by atoms with Crippen LogP contribution in [0.4, 0.5) is 5.82 Å². The lowest BCUT2D eigenvalue weighted by molar-refractivity contribution is -0.139. The Balaban J connectivity index is 1.77. The number of carbonyl (C=O) groups is 1. The summed E-state index contributed by atoms with van der Waals surface area (Å²) in [5.74, 6) is 1.14. The van der Waals surface area contributed by atoms with Crippen molar-refractivity contribution in [3.05, 3.63) is 11.8 Å². The van der Waals surface area contributed by atoms with Gasteiger partial charge in [0, 0.05) is 19.2 Å². The third-order valence-corrected chi connectivity index (χ3v) is 3.33. The lowest BCUT2D eigenvalue weighted by Gasteiger charge is -2.48. The number of anilines is 1. The summed E-state index contributed by atoms with van der Waals surface area (Å²) in [5, 5.41) is 16.4. The van der Waals surface area contributed by atoms with Gasteiger partial charge in [-0.1, -0.05) is 19.0 Å². The molecule has 0 aromatic carbocycles. The Bertz CT molecular complexity index is 436. The number of likely N-dealkylation sites (tertiary alicyclic amines) is 1. The summed E-state index contributed by atoms with van der Waals surface area (Å²) >= 11 is 0. The van der Waals surface area contributed by atoms with Crippen molar-refractivity contribution in [3.63, 3.8) is 0 Å². The zero-order chi connectivity index (χ0) is 13.3. The molecular formula is C12H19N3O3. The summed E-state index contributed by atoms with van der Waals surface area (Å²) in [5.41, 5.74) is -0.648. The van der Waals surface area contributed by atoms with E-state index in [4.69, 9.17) is 4.52 Å². The maximum Gasteiger partial charge on any atom is 0.239 e. The summed E-state index contributed by atoms with van der Waals surface area (Å²) in [7, 11) is 0. The van der Waals surface area contributed by atoms with Crippen molar-refractivity contribution in [2.45, 2.75) is 26.4 Å². The second-order valence-electron chi connectivity index (χ2n) is 5.27. The molecular weight excluding hydrogens is 234 g/mol. The number of aromatic nitrogens is 1. The highest BCUT2D eigenvalue weighted by Gasteiger charge is 2.43. The summed E-state index contributed by atoms with van der Waals surface area (Å²) < 4.78 is 4.86. The van der Waals surface area contributed by atoms with Crippen LogP contribution in [0, 0.1) is 12.8 Å². The van der Waals surface area contributed by atoms with Crippen molar-refractivity contribution in [2.24, 2.45) is 5.92 Å². The first kappa shape index (κ1) is 13.0. The Morgan fingerprint density at radius 3 is 2.83 bits per heavy atom. The zero-order valence-corrected chi connectivity index (χ0v) is 10.9. The van der Waals surface area contributed by atoms with Crippen LogP contribution in [-0.4, -0.2) is 46.3 Å². The van der Waals surface area contributed by atoms with Crippen LogP contribution >= 0.6 is 0 Å². The molecule has 1 amide bonds. The number of hydrogen-bond donors (Lipinski definition) is 2. The van der Waals surface area contributed by atoms with Gasteiger partial charge in [0.05, 0.1) is 12.1 Å². The van der Waals surface area contributed by atoms with E-state index in [1.807, 2.05) is 18.7 Å². The van der Waals surface area contributed by atoms with E-state index in [0.717, 1.165) is 0 Å². The molecule has 6 nitrogen and oxygen atoms in total. The second kappa shape index (κ2) is 4.70. The highest BCUT2D eigenvalue weighted by molar-refractivity contribution is 5.91. The minimum Gasteiger partial charge on any atom is -0.387 e. The Labute approximate surface area is 106 Å². The van der Waals surface area contributed by atoms with Gasteiger partial charge in [-0.3, -0.25) is 9.69 Å². The molecule has 2 heterocycles. The smallest absolute Gasteiger partial charge is 0.239 e. The molecule has 0 radical (unpaired) electrons. The molecule has 6 heteroatoms. The van der Waals surface area contributed by atoms with E-state index in [-0.39, 0.29) is 18.4 Å². The number of amides is 1. The largest absolute Gasteiger partial charge is 0.387 e. The van der Waals surface area contributed by atoms with E-state index in [9.17, 15) is 9.90 Å². The number of β-amino-alcohol motifs (C(OH)–C–C–N with tert-alkyl or cyclic N) is 1. The SMILES string of the molecule is Cc1cc(NC(=O)CN2CC(O)(C(C)C)C2)no1. The number of carbonyl (C=O) groups excluding carboxylic acids is 1. The molecule has 2 N–H and O–H groups in total. The molecule has 0 atom stereocenters. The lowest BCUT2D eigenvalue weighted by Crippen LogP contribution is -2.65. The first-order valence-electron chi connectivity index (χ1n) is 6.07. The normalized spacial score (nSPS) is 18.7. The van der Waals surface area contributed by atoms with Crippen LogP contribution in [0.1, 0.15) is 19.6 Å². The van der Waals surface area contributed by atoms with Gasteiger partial charge in [-0.15, -0.1) is 0 Å². The first-order valence-corrected chi connectivity index (χ1v) is 6.07. The van der Waals surface area contributed by atoms with E-state index in [1.165, 1.54) is 0 Å². The number of nitrogens with one attached hydrogen (secondary N) is 1. The highest BCUT2D eigenvalue weighted by atomic mass is 16.5. The minimum absolute atomic E-state index is 0.144. The third-order valence-electron chi connectivity index (χ3n) is 3.33. The van der Waals surface area contributed by atoms with Gasteiger partial charge in [0.15, 0.2) is 5.82 Å². The number of aliphatic hydroxyl groups is 1. The molecule has 1 saturated heterocycles. The third kappa shape index (κ3) is 2.70. The van der Waals surface area contributed by atoms with E-state index >= 15 is 0 Å². The molecule has 1 aliphatic rings. The van der Waals surface area contributed by atoms with Crippen molar-refractivity contribution in [1.82, 2.24) is 10.1 Å². The van der Waals surface area contributed by atoms with Crippen LogP contribution < -0.4 is 5.32 Å². The second-order valence-corrected chi connectivity index (χ2v) is 5.27. The number of rotatable bonds is 4. The Kier molecular flexibility index (Phi) is 3.41. The van der Waals surface area contributed by atoms with Crippen LogP contribution in [-0.2, 0) is 4.79 Å². The fourth-order valence-corrected chi connectivity index (χ4v) is 2.02. The van der Waals surface area contributed by atoms with E-state index in [0.29, 0.717) is 24.7 Å². The van der Waals surface area contributed by atoms with Crippen molar-refractivity contribution in [1.29, 1.82) is 0 Å². The summed E-state index contributed by atoms with van der Waals surface area (Å²) in [6, 6.07) is 1.67. The summed E-state index contributed by atoms with van der Waals surface area (Å²) in [6.07, 6.45) is 0. The van der Waals surface area contributed by atoms with Gasteiger partial charge >= 0.3 is 0 Å². The quantitative estimate of drug-likeness (QED) is 0.822. The van der Waals surface area contributed by atoms with Gasteiger partial charge in [-0.2, -0.15) is 0 Å². The summed E-state index contributed by atoms with van der Waals surface area (Å²) in [4.78, 5) is 13.6. The summed E-state index contributed by atoms with van der Waals surface area (Å²) in [6.45, 7) is 7.07. The molecule has 0 spiro atoms. The Morgan fingerprint density at radius 1 is 1.67 bits per heavy atom. The maximum absolute atomic E-state index is 11.7. The lowest BCUT2D eigenvalue weighted by atomic mass is 9.83. The molecule has 0 saturated carbocycles. The topological polar surface area (TPSA) is 78.6 Å². The molecule has 100 valence electrons. The molecule has 0 unspecified atom stereocenters. The number of nitrogens with zero attached hydrogens (tertiary/aromatic N) is 2. The van der Waals surface area contributed by atoms with Crippen molar-refractivity contribution < 1.29 is 14.4 Å². The fourth-order valence-electron chi connectivity index (χ4n) is 2.02. The van der Waals surface area contributed by atoms with Crippen molar-refractivity contribution >= 4 is 11.7 Å². The number of aryl methyl sites for hydroxylation is 1. The maximum atomic E-state index is 11.7. The Hall–Kier alpha value is -1.40. The average Bonchev–Trinajstić information content (AvgIpc) is 2.61. The molecule has 1 aromatic heterocycles. The van der Waals surface area contributed by atoms with Crippen LogP contribution in [0.3, 0.4) is 0 Å². The van der Waals surface area contributed by atoms with Crippen molar-refractivity contribution in [2.75, 3.05) is 25.0 Å². The highest BCUT2D eigenvalue weighted by Crippen LogP contribution is 2.28. The van der Waals surface area contributed by atoms with Crippen LogP contribution in [0.2, 0.25) is 0 Å². The predicted octanol–water partition coefficient (Wildman–Crippen LogP) is 0.624. The fraction of sp³-hybridized carbons (Fsp3) is 0.667. The number of hydrogen-bond acceptors (Lipinski definition) is 5. The minimum atomic E-state index is -0.648. The Morgan fingerprint density at radius 2 is 2.33 bits per heavy atom. The molecule has 18 heavy (non-hydrogen) atoms. The van der Waals surface area contributed by atoms with Gasteiger partial charge in [0.2, 0.25) is 5.91 Å². The van der Waals surface area contributed by atoms with Crippen molar-refractivity contribution in [3.8, 4) is 0 Å². The molecule has 0 aliphatic carbocycles. The van der Waals surface area contributed by atoms with Gasteiger partial charge in [0.25, 0.3) is 0 Å². The van der Waals surface area contributed by atoms with Crippen LogP contribution in [0.15, 0.2) is 10.6 Å². The molecule has 1 aromatic rings. The molecule has 2 rings (SSSR count). The van der Waals surface area contributed by atoms with Crippen LogP contribution in [0.5, 0.6) is 0 Å². The van der Waals surface area contributed by atoms with Gasteiger partial charge in [0.1, 0.15) is 5.76 Å². The van der Waals surface area contributed by atoms with E-state index < -0.39 is 5.60 Å². The molecule has 1 aliphatic heterocycles. The standard InChI is InChI=1S/C12H19N3O3/c1-8(2)12(17)6-15(7-12)5-11(16)13-10-4-9(3)18-14-10/h4,8,17H,5-7H2,1-3H3,(H,13,14,16).